The molecule has 82 heavy (non-hydrogen) atoms. The smallest absolute Gasteiger partial charge is 0.335 e. The highest BCUT2D eigenvalue weighted by atomic mass is 32.2. The lowest BCUT2D eigenvalue weighted by Crippen LogP contribution is -2.57. The van der Waals surface area contributed by atoms with Gasteiger partial charge in [0, 0.05) is 53.9 Å². The van der Waals surface area contributed by atoms with Crippen molar-refractivity contribution in [2.24, 2.45) is 0 Å². The molecule has 8 amide bonds. The quantitative estimate of drug-likeness (QED) is 0.148. The van der Waals surface area contributed by atoms with Gasteiger partial charge >= 0.3 is 36.5 Å². The number of amides is 8. The van der Waals surface area contributed by atoms with Gasteiger partial charge in [-0.15, -0.1) is 0 Å². The van der Waals surface area contributed by atoms with Crippen molar-refractivity contribution < 1.29 is 76.3 Å². The maximum absolute atomic E-state index is 14.1. The second kappa shape index (κ2) is 24.0. The summed E-state index contributed by atoms with van der Waals surface area (Å²) in [6.45, 7) is 3.82. The van der Waals surface area contributed by atoms with Crippen LogP contribution in [0.4, 0.5) is 61.3 Å². The van der Waals surface area contributed by atoms with E-state index in [4.69, 9.17) is 0 Å². The Kier molecular flexibility index (Phi) is 18.3. The van der Waals surface area contributed by atoms with Gasteiger partial charge in [-0.2, -0.15) is 36.9 Å². The number of nitriles is 2. The number of hydrogen-bond acceptors (Lipinski definition) is 12. The number of ketones is 2. The minimum atomic E-state index is -4.77. The number of Topliss-reactive ketones (excluding diaryl/α,β-unsaturated/α-hetero) is 2. The summed E-state index contributed by atoms with van der Waals surface area (Å²) >= 11 is 0. The number of allylic oxidation sites excluding steroid dienone is 2. The number of benzene rings is 4. The van der Waals surface area contributed by atoms with Gasteiger partial charge in [0.1, 0.15) is 18.3 Å². The Morgan fingerprint density at radius 2 is 1.01 bits per heavy atom. The summed E-state index contributed by atoms with van der Waals surface area (Å²) in [5, 5.41) is 23.5. The van der Waals surface area contributed by atoms with Gasteiger partial charge in [-0.3, -0.25) is 19.4 Å². The number of alkyl halides is 7. The molecule has 8 rings (SSSR count). The molecule has 4 aromatic rings. The number of nitrogens with zero attached hydrogens (tertiary/aromatic N) is 6. The van der Waals surface area contributed by atoms with Gasteiger partial charge in [0.05, 0.1) is 62.1 Å². The number of sulfone groups is 2. The second-order valence-corrected chi connectivity index (χ2v) is 23.5. The van der Waals surface area contributed by atoms with Gasteiger partial charge in [0.25, 0.3) is 0 Å². The zero-order valence-corrected chi connectivity index (χ0v) is 45.2. The number of carbonyl (C=O) groups is 6. The van der Waals surface area contributed by atoms with E-state index in [9.17, 15) is 86.9 Å². The molecule has 27 heteroatoms. The highest BCUT2D eigenvalue weighted by molar-refractivity contribution is 7.91. The third-order valence-electron chi connectivity index (χ3n) is 13.2. The third-order valence-corrected chi connectivity index (χ3v) is 15.5. The molecule has 0 radical (unpaired) electrons. The molecule has 4 aromatic carbocycles. The largest absolute Gasteiger partial charge is 0.416 e. The first-order valence-electron chi connectivity index (χ1n) is 24.6. The van der Waals surface area contributed by atoms with E-state index in [1.165, 1.54) is 36.4 Å². The molecule has 0 saturated heterocycles. The maximum Gasteiger partial charge on any atom is 0.416 e. The fourth-order valence-corrected chi connectivity index (χ4v) is 11.7. The average molecular weight is 1180 g/mol. The topological polar surface area (TPSA) is 255 Å². The number of urea groups is 4. The Balaban J connectivity index is 0.000000261. The summed E-state index contributed by atoms with van der Waals surface area (Å²) in [6, 6.07) is 10.5. The standard InChI is InChI=1S/C27H24F4N4O5S.C27H25F3N4O5S.CH4/c1-15(28)14-33-25(37)35-24(19-10-9-16(13-32)11-22(19)41(2,39)40)23-20(7-4-8-21(23)36)34(26(35)38)18-6-3-5-17(12-18)27(29,30)31;1-15(2)32-25(36)34-24(19-11-10-16(14-31)12-22(19)40(3,38)39)23-20(8-5-9-21(23)35)33(26(34)37)18-7-4-6-17(13-18)27(28,29)30;/h3,5-6,9-12,15,24H,4,7-8,14H2,1-2H3,(H,33,37);4,6-7,10-13,15,24H,5,8-9H2,1-3H3,(H,32,36);1H4/t15?,24-;24-;/m11./s1. The van der Waals surface area contributed by atoms with Crippen molar-refractivity contribution >= 4 is 66.7 Å². The van der Waals surface area contributed by atoms with Gasteiger partial charge in [-0.05, 0) is 118 Å². The molecule has 0 aromatic heterocycles. The van der Waals surface area contributed by atoms with E-state index in [0.29, 0.717) is 15.9 Å². The molecule has 0 spiro atoms. The monoisotopic (exact) mass is 1180 g/mol. The normalized spacial score (nSPS) is 18.1. The minimum absolute atomic E-state index is 0. The van der Waals surface area contributed by atoms with E-state index >= 15 is 0 Å². The minimum Gasteiger partial charge on any atom is -0.335 e. The Hall–Kier alpha value is -8.43. The van der Waals surface area contributed by atoms with Crippen LogP contribution in [0.25, 0.3) is 0 Å². The van der Waals surface area contributed by atoms with Crippen molar-refractivity contribution in [3.63, 3.8) is 0 Å². The summed E-state index contributed by atoms with van der Waals surface area (Å²) in [4.78, 5) is 84.2. The van der Waals surface area contributed by atoms with Gasteiger partial charge in [-0.1, -0.05) is 31.7 Å². The van der Waals surface area contributed by atoms with Crippen LogP contribution >= 0.6 is 0 Å². The lowest BCUT2D eigenvalue weighted by Gasteiger charge is -2.44. The SMILES string of the molecule is C.CC(C)NC(=O)N1C(=O)N(c2cccc(C(F)(F)F)c2)C2=C(C(=O)CCC2)[C@H]1c1ccc(C#N)cc1S(C)(=O)=O.CC(F)CNC(=O)N1C(=O)N(c2cccc(C(F)(F)F)c2)C2=C(C(=O)CCC2)[C@H]1c1ccc(C#N)cc1S(C)(=O)=O. The van der Waals surface area contributed by atoms with Crippen LogP contribution in [0.5, 0.6) is 0 Å². The first-order chi connectivity index (χ1) is 37.8. The predicted molar refractivity (Wildman–Crippen MR) is 282 cm³/mol. The second-order valence-electron chi connectivity index (χ2n) is 19.5. The molecule has 1 unspecified atom stereocenters. The highest BCUT2D eigenvalue weighted by Crippen LogP contribution is 2.48. The number of carbonyl (C=O) groups excluding carboxylic acids is 6. The van der Waals surface area contributed by atoms with Crippen molar-refractivity contribution in [1.82, 2.24) is 20.4 Å². The summed E-state index contributed by atoms with van der Waals surface area (Å²) in [7, 11) is -8.15. The van der Waals surface area contributed by atoms with Crippen molar-refractivity contribution in [2.75, 3.05) is 28.9 Å². The van der Waals surface area contributed by atoms with Gasteiger partial charge in [0.15, 0.2) is 31.2 Å². The predicted octanol–water partition coefficient (Wildman–Crippen LogP) is 10.8. The Morgan fingerprint density at radius 1 is 0.622 bits per heavy atom. The summed E-state index contributed by atoms with van der Waals surface area (Å²) in [5.41, 5.74) is -3.02. The fraction of sp³-hybridized carbons (Fsp3) is 0.345. The van der Waals surface area contributed by atoms with Crippen LogP contribution in [0.3, 0.4) is 0 Å². The Bertz CT molecular complexity index is 3680. The third kappa shape index (κ3) is 12.8. The van der Waals surface area contributed by atoms with Crippen LogP contribution in [0.1, 0.15) is 112 Å². The van der Waals surface area contributed by atoms with Gasteiger partial charge in [-0.25, -0.2) is 50.2 Å². The lowest BCUT2D eigenvalue weighted by atomic mass is 9.83. The van der Waals surface area contributed by atoms with E-state index in [1.807, 2.05) is 12.1 Å². The molecule has 2 aliphatic heterocycles. The number of hydrogen-bond donors (Lipinski definition) is 2. The molecule has 18 nitrogen and oxygen atoms in total. The Morgan fingerprint density at radius 3 is 1.35 bits per heavy atom. The highest BCUT2D eigenvalue weighted by Gasteiger charge is 2.51. The summed E-state index contributed by atoms with van der Waals surface area (Å²) in [6.07, 6.45) is -8.62. The van der Waals surface area contributed by atoms with Crippen molar-refractivity contribution in [1.29, 1.82) is 10.5 Å². The first kappa shape index (κ1) is 62.8. The molecule has 0 saturated carbocycles. The molecular weight excluding hydrogens is 1130 g/mol. The first-order valence-corrected chi connectivity index (χ1v) is 28.4. The van der Waals surface area contributed by atoms with Crippen molar-refractivity contribution in [3.05, 3.63) is 141 Å². The molecular formula is C55H53F7N8O10S2. The van der Waals surface area contributed by atoms with E-state index in [0.717, 1.165) is 71.7 Å². The van der Waals surface area contributed by atoms with Gasteiger partial charge < -0.3 is 10.6 Å². The van der Waals surface area contributed by atoms with Crippen LogP contribution in [0.15, 0.2) is 117 Å². The molecule has 2 heterocycles. The number of halogens is 7. The van der Waals surface area contributed by atoms with Crippen molar-refractivity contribution in [3.8, 4) is 12.1 Å². The number of nitrogens with one attached hydrogen (secondary N) is 2. The van der Waals surface area contributed by atoms with Crippen LogP contribution in [-0.2, 0) is 41.6 Å². The molecule has 3 atom stereocenters. The number of imide groups is 2. The van der Waals surface area contributed by atoms with E-state index < -0.39 is 115 Å². The van der Waals surface area contributed by atoms with E-state index in [1.54, 1.807) is 13.8 Å². The number of anilines is 2. The zero-order chi connectivity index (χ0) is 59.8. The average Bonchev–Trinajstić information content (AvgIpc) is 2.22. The van der Waals surface area contributed by atoms with Crippen molar-refractivity contribution in [2.45, 2.75) is 113 Å². The van der Waals surface area contributed by atoms with E-state index in [2.05, 4.69) is 10.6 Å². The van der Waals surface area contributed by atoms with Gasteiger partial charge in [0.2, 0.25) is 0 Å². The lowest BCUT2D eigenvalue weighted by molar-refractivity contribution is -0.138. The van der Waals surface area contributed by atoms with Crippen LogP contribution in [0.2, 0.25) is 0 Å². The van der Waals surface area contributed by atoms with E-state index in [-0.39, 0.29) is 107 Å². The molecule has 434 valence electrons. The molecule has 0 fully saturated rings. The zero-order valence-electron chi connectivity index (χ0n) is 43.6. The molecule has 0 bridgehead atoms. The summed E-state index contributed by atoms with van der Waals surface area (Å²) in [5.74, 6) is -1.04. The van der Waals surface area contributed by atoms with Crippen LogP contribution < -0.4 is 20.4 Å². The van der Waals surface area contributed by atoms with Crippen LogP contribution in [-0.4, -0.2) is 93.6 Å². The molecule has 4 aliphatic rings. The summed E-state index contributed by atoms with van der Waals surface area (Å²) < 4.78 is 146. The maximum atomic E-state index is 14.1. The fourth-order valence-electron chi connectivity index (χ4n) is 9.81. The molecule has 2 N–H and O–H groups in total. The molecule has 2 aliphatic carbocycles. The number of rotatable bonds is 9. The van der Waals surface area contributed by atoms with Crippen LogP contribution in [0, 0.1) is 22.7 Å². The Labute approximate surface area is 467 Å².